The molecule has 8 heteroatoms. The van der Waals surface area contributed by atoms with Crippen LogP contribution >= 0.6 is 23.3 Å². The summed E-state index contributed by atoms with van der Waals surface area (Å²) >= 11 is 2.23. The van der Waals surface area contributed by atoms with Gasteiger partial charge in [0.1, 0.15) is 0 Å². The number of hydrogen-bond donors (Lipinski definition) is 2. The summed E-state index contributed by atoms with van der Waals surface area (Å²) in [4.78, 5) is 14.9. The molecule has 15 heavy (non-hydrogen) atoms. The molecule has 0 fully saturated rings. The van der Waals surface area contributed by atoms with Gasteiger partial charge < -0.3 is 15.6 Å². The molecule has 0 aliphatic heterocycles. The number of thioether (sulfide) groups is 1. The lowest BCUT2D eigenvalue weighted by molar-refractivity contribution is -0.151. The van der Waals surface area contributed by atoms with Gasteiger partial charge in [0.05, 0.1) is 6.61 Å². The molecule has 0 radical (unpaired) electrons. The predicted molar refractivity (Wildman–Crippen MR) is 57.7 cm³/mol. The Morgan fingerprint density at radius 1 is 1.80 bits per heavy atom. The third-order valence-electron chi connectivity index (χ3n) is 1.35. The van der Waals surface area contributed by atoms with Gasteiger partial charge in [-0.2, -0.15) is 9.36 Å². The van der Waals surface area contributed by atoms with Crippen LogP contribution in [0, 0.1) is 0 Å². The standard InChI is InChI=1S/C7H11N3O3S2/c1-2-13-5(12)4(11)3-14-7-9-6(8)15-10-7/h4,11H,2-3H2,1H3,(H2,8,9,10). The minimum absolute atomic E-state index is 0.162. The minimum Gasteiger partial charge on any atom is -0.464 e. The van der Waals surface area contributed by atoms with Crippen LogP contribution in [0.1, 0.15) is 6.92 Å². The molecule has 84 valence electrons. The minimum atomic E-state index is -1.15. The fraction of sp³-hybridized carbons (Fsp3) is 0.571. The molecule has 0 aromatic carbocycles. The van der Waals surface area contributed by atoms with Crippen molar-refractivity contribution >= 4 is 34.4 Å². The number of carbonyl (C=O) groups excluding carboxylic acids is 1. The molecular weight excluding hydrogens is 238 g/mol. The molecule has 1 aromatic heterocycles. The van der Waals surface area contributed by atoms with Crippen LogP contribution in [-0.4, -0.2) is 38.9 Å². The molecule has 6 nitrogen and oxygen atoms in total. The molecule has 0 saturated heterocycles. The van der Waals surface area contributed by atoms with Crippen LogP contribution in [0.5, 0.6) is 0 Å². The number of esters is 1. The first-order valence-electron chi connectivity index (χ1n) is 4.20. The first-order chi connectivity index (χ1) is 7.13. The zero-order valence-corrected chi connectivity index (χ0v) is 9.68. The molecule has 1 aromatic rings. The maximum absolute atomic E-state index is 11.0. The summed E-state index contributed by atoms with van der Waals surface area (Å²) < 4.78 is 8.53. The Bertz CT molecular complexity index is 331. The molecule has 1 rings (SSSR count). The molecule has 1 atom stereocenters. The number of rotatable bonds is 5. The van der Waals surface area contributed by atoms with Gasteiger partial charge in [0.15, 0.2) is 6.10 Å². The van der Waals surface area contributed by atoms with Crippen LogP contribution in [0.15, 0.2) is 5.16 Å². The zero-order valence-electron chi connectivity index (χ0n) is 8.04. The van der Waals surface area contributed by atoms with Crippen LogP contribution in [-0.2, 0) is 9.53 Å². The Balaban J connectivity index is 2.33. The number of aliphatic hydroxyl groups excluding tert-OH is 1. The van der Waals surface area contributed by atoms with Crippen LogP contribution in [0.4, 0.5) is 5.13 Å². The van der Waals surface area contributed by atoms with Gasteiger partial charge in [0.2, 0.25) is 10.3 Å². The molecule has 0 bridgehead atoms. The quantitative estimate of drug-likeness (QED) is 0.565. The largest absolute Gasteiger partial charge is 0.464 e. The summed E-state index contributed by atoms with van der Waals surface area (Å²) in [5.41, 5.74) is 5.37. The lowest BCUT2D eigenvalue weighted by Crippen LogP contribution is -2.25. The van der Waals surface area contributed by atoms with Crippen molar-refractivity contribution in [3.63, 3.8) is 0 Å². The normalized spacial score (nSPS) is 12.4. The van der Waals surface area contributed by atoms with E-state index in [0.29, 0.717) is 10.3 Å². The van der Waals surface area contributed by atoms with Crippen molar-refractivity contribution in [3.05, 3.63) is 0 Å². The number of nitrogen functional groups attached to an aromatic ring is 1. The van der Waals surface area contributed by atoms with E-state index in [1.807, 2.05) is 0 Å². The average molecular weight is 249 g/mol. The number of ether oxygens (including phenoxy) is 1. The number of carbonyl (C=O) groups is 1. The maximum atomic E-state index is 11.0. The average Bonchev–Trinajstić information content (AvgIpc) is 2.61. The summed E-state index contributed by atoms with van der Waals surface area (Å²) in [6.07, 6.45) is -1.15. The third kappa shape index (κ3) is 4.02. The van der Waals surface area contributed by atoms with Crippen molar-refractivity contribution in [1.29, 1.82) is 0 Å². The second kappa shape index (κ2) is 5.89. The van der Waals surface area contributed by atoms with E-state index in [1.54, 1.807) is 6.92 Å². The molecule has 0 aliphatic rings. The zero-order chi connectivity index (χ0) is 11.3. The van der Waals surface area contributed by atoms with Gasteiger partial charge in [-0.15, -0.1) is 0 Å². The monoisotopic (exact) mass is 249 g/mol. The number of aliphatic hydroxyl groups is 1. The van der Waals surface area contributed by atoms with E-state index >= 15 is 0 Å². The Hall–Kier alpha value is -0.860. The number of hydrogen-bond acceptors (Lipinski definition) is 8. The number of nitrogens with zero attached hydrogens (tertiary/aromatic N) is 2. The van der Waals surface area contributed by atoms with Gasteiger partial charge in [-0.3, -0.25) is 0 Å². The lowest BCUT2D eigenvalue weighted by Gasteiger charge is -2.07. The molecule has 3 N–H and O–H groups in total. The van der Waals surface area contributed by atoms with Gasteiger partial charge >= 0.3 is 5.97 Å². The predicted octanol–water partition coefficient (Wildman–Crippen LogP) is 0.136. The maximum Gasteiger partial charge on any atom is 0.335 e. The third-order valence-corrected chi connectivity index (χ3v) is 2.93. The van der Waals surface area contributed by atoms with E-state index in [1.165, 1.54) is 0 Å². The van der Waals surface area contributed by atoms with Crippen molar-refractivity contribution in [1.82, 2.24) is 9.36 Å². The topological polar surface area (TPSA) is 98.3 Å². The van der Waals surface area contributed by atoms with E-state index in [4.69, 9.17) is 5.73 Å². The summed E-state index contributed by atoms with van der Waals surface area (Å²) in [5, 5.41) is 10.2. The first kappa shape index (κ1) is 12.2. The first-order valence-corrected chi connectivity index (χ1v) is 5.96. The highest BCUT2D eigenvalue weighted by Crippen LogP contribution is 2.18. The number of aromatic nitrogens is 2. The van der Waals surface area contributed by atoms with Crippen molar-refractivity contribution < 1.29 is 14.6 Å². The van der Waals surface area contributed by atoms with E-state index < -0.39 is 12.1 Å². The van der Waals surface area contributed by atoms with Crippen molar-refractivity contribution in [2.45, 2.75) is 18.2 Å². The van der Waals surface area contributed by atoms with Crippen LogP contribution in [0.2, 0.25) is 0 Å². The van der Waals surface area contributed by atoms with Crippen molar-refractivity contribution in [2.75, 3.05) is 18.1 Å². The Morgan fingerprint density at radius 3 is 3.07 bits per heavy atom. The van der Waals surface area contributed by atoms with Gasteiger partial charge in [0, 0.05) is 17.3 Å². The van der Waals surface area contributed by atoms with E-state index in [2.05, 4.69) is 14.1 Å². The Morgan fingerprint density at radius 2 is 2.53 bits per heavy atom. The Labute approximate surface area is 95.0 Å². The SMILES string of the molecule is CCOC(=O)C(O)CSc1nsc(N)n1. The van der Waals surface area contributed by atoms with Gasteiger partial charge in [-0.1, -0.05) is 11.8 Å². The summed E-state index contributed by atoms with van der Waals surface area (Å²) in [7, 11) is 0. The van der Waals surface area contributed by atoms with E-state index in [0.717, 1.165) is 23.3 Å². The van der Waals surface area contributed by atoms with Crippen LogP contribution in [0.3, 0.4) is 0 Å². The summed E-state index contributed by atoms with van der Waals surface area (Å²) in [6.45, 7) is 1.93. The molecule has 0 aliphatic carbocycles. The van der Waals surface area contributed by atoms with Crippen molar-refractivity contribution in [3.8, 4) is 0 Å². The summed E-state index contributed by atoms with van der Waals surface area (Å²) in [5.74, 6) is -0.470. The lowest BCUT2D eigenvalue weighted by atomic mass is 10.4. The molecular formula is C7H11N3O3S2. The highest BCUT2D eigenvalue weighted by Gasteiger charge is 2.17. The molecule has 1 heterocycles. The highest BCUT2D eigenvalue weighted by atomic mass is 32.2. The molecule has 0 saturated carbocycles. The molecule has 0 spiro atoms. The van der Waals surface area contributed by atoms with Gasteiger partial charge in [-0.05, 0) is 6.92 Å². The van der Waals surface area contributed by atoms with Gasteiger partial charge in [0.25, 0.3) is 0 Å². The number of nitrogens with two attached hydrogens (primary N) is 1. The van der Waals surface area contributed by atoms with Crippen molar-refractivity contribution in [2.24, 2.45) is 0 Å². The fourth-order valence-corrected chi connectivity index (χ4v) is 2.07. The van der Waals surface area contributed by atoms with Crippen LogP contribution in [0.25, 0.3) is 0 Å². The highest BCUT2D eigenvalue weighted by molar-refractivity contribution is 7.99. The summed E-state index contributed by atoms with van der Waals surface area (Å²) in [6, 6.07) is 0. The molecule has 1 unspecified atom stereocenters. The smallest absolute Gasteiger partial charge is 0.335 e. The van der Waals surface area contributed by atoms with Crippen LogP contribution < -0.4 is 5.73 Å². The second-order valence-corrected chi connectivity index (χ2v) is 4.26. The second-order valence-electron chi connectivity index (χ2n) is 2.49. The fourth-order valence-electron chi connectivity index (χ4n) is 0.739. The van der Waals surface area contributed by atoms with E-state index in [-0.39, 0.29) is 12.4 Å². The number of anilines is 1. The van der Waals surface area contributed by atoms with Gasteiger partial charge in [-0.25, -0.2) is 4.79 Å². The van der Waals surface area contributed by atoms with E-state index in [9.17, 15) is 9.90 Å². The Kier molecular flexibility index (Phi) is 4.79. The molecule has 0 amide bonds.